The molecular formula is C17H21N3O. The number of anilines is 2. The van der Waals surface area contributed by atoms with Gasteiger partial charge < -0.3 is 14.9 Å². The fourth-order valence-corrected chi connectivity index (χ4v) is 2.80. The Hall–Kier alpha value is -2.07. The molecule has 0 aliphatic carbocycles. The standard InChI is InChI=1S/C17H21N3O/c1-14-3-2-4-16(11-14)19-7-9-20(10-8-19)17-5-6-18-15(12-17)13-21/h2-6,11-12,21H,7-10,13H2,1H3. The molecule has 0 unspecified atom stereocenters. The summed E-state index contributed by atoms with van der Waals surface area (Å²) in [4.78, 5) is 8.92. The summed E-state index contributed by atoms with van der Waals surface area (Å²) in [5, 5.41) is 9.19. The molecule has 3 rings (SSSR count). The van der Waals surface area contributed by atoms with Crippen molar-refractivity contribution in [3.8, 4) is 0 Å². The van der Waals surface area contributed by atoms with Gasteiger partial charge in [0, 0.05) is 43.8 Å². The molecule has 1 fully saturated rings. The second-order valence-corrected chi connectivity index (χ2v) is 5.48. The summed E-state index contributed by atoms with van der Waals surface area (Å²) in [5.74, 6) is 0. The highest BCUT2D eigenvalue weighted by Gasteiger charge is 2.17. The third-order valence-corrected chi connectivity index (χ3v) is 3.97. The number of piperazine rings is 1. The maximum Gasteiger partial charge on any atom is 0.0853 e. The van der Waals surface area contributed by atoms with E-state index in [4.69, 9.17) is 0 Å². The second-order valence-electron chi connectivity index (χ2n) is 5.48. The van der Waals surface area contributed by atoms with Gasteiger partial charge in [-0.25, -0.2) is 0 Å². The Kier molecular flexibility index (Phi) is 4.06. The lowest BCUT2D eigenvalue weighted by molar-refractivity contribution is 0.277. The number of nitrogens with zero attached hydrogens (tertiary/aromatic N) is 3. The summed E-state index contributed by atoms with van der Waals surface area (Å²) >= 11 is 0. The quantitative estimate of drug-likeness (QED) is 0.937. The van der Waals surface area contributed by atoms with Crippen molar-refractivity contribution in [2.75, 3.05) is 36.0 Å². The van der Waals surface area contributed by atoms with Crippen LogP contribution in [-0.4, -0.2) is 36.3 Å². The van der Waals surface area contributed by atoms with Crippen LogP contribution in [0.1, 0.15) is 11.3 Å². The van der Waals surface area contributed by atoms with Crippen molar-refractivity contribution in [2.45, 2.75) is 13.5 Å². The third kappa shape index (κ3) is 3.16. The molecule has 1 aliphatic heterocycles. The van der Waals surface area contributed by atoms with Gasteiger partial charge >= 0.3 is 0 Å². The lowest BCUT2D eigenvalue weighted by Crippen LogP contribution is -2.46. The lowest BCUT2D eigenvalue weighted by atomic mass is 10.2. The number of aromatic nitrogens is 1. The van der Waals surface area contributed by atoms with Gasteiger partial charge in [0.1, 0.15) is 0 Å². The van der Waals surface area contributed by atoms with E-state index in [1.807, 2.05) is 12.1 Å². The second kappa shape index (κ2) is 6.14. The molecular weight excluding hydrogens is 262 g/mol. The fraction of sp³-hybridized carbons (Fsp3) is 0.353. The molecule has 21 heavy (non-hydrogen) atoms. The maximum absolute atomic E-state index is 9.19. The van der Waals surface area contributed by atoms with E-state index in [0.717, 1.165) is 37.6 Å². The normalized spacial score (nSPS) is 15.3. The van der Waals surface area contributed by atoms with Crippen molar-refractivity contribution in [1.29, 1.82) is 0 Å². The topological polar surface area (TPSA) is 39.6 Å². The van der Waals surface area contributed by atoms with Crippen LogP contribution in [0, 0.1) is 6.92 Å². The van der Waals surface area contributed by atoms with Crippen LogP contribution in [0.25, 0.3) is 0 Å². The van der Waals surface area contributed by atoms with E-state index in [9.17, 15) is 5.11 Å². The third-order valence-electron chi connectivity index (χ3n) is 3.97. The molecule has 2 aromatic rings. The van der Waals surface area contributed by atoms with Gasteiger partial charge in [-0.2, -0.15) is 0 Å². The van der Waals surface area contributed by atoms with Gasteiger partial charge in [0.2, 0.25) is 0 Å². The number of pyridine rings is 1. The van der Waals surface area contributed by atoms with Crippen LogP contribution in [0.4, 0.5) is 11.4 Å². The Morgan fingerprint density at radius 1 is 1.00 bits per heavy atom. The fourth-order valence-electron chi connectivity index (χ4n) is 2.80. The molecule has 0 radical (unpaired) electrons. The zero-order valence-electron chi connectivity index (χ0n) is 12.4. The minimum Gasteiger partial charge on any atom is -0.390 e. The van der Waals surface area contributed by atoms with Gasteiger partial charge in [0.15, 0.2) is 0 Å². The predicted molar refractivity (Wildman–Crippen MR) is 85.8 cm³/mol. The molecule has 0 spiro atoms. The van der Waals surface area contributed by atoms with Gasteiger partial charge in [-0.05, 0) is 36.8 Å². The summed E-state index contributed by atoms with van der Waals surface area (Å²) in [7, 11) is 0. The summed E-state index contributed by atoms with van der Waals surface area (Å²) in [6.45, 7) is 6.14. The van der Waals surface area contributed by atoms with Gasteiger partial charge in [0.05, 0.1) is 12.3 Å². The minimum absolute atomic E-state index is 0.00288. The van der Waals surface area contributed by atoms with E-state index >= 15 is 0 Å². The van der Waals surface area contributed by atoms with Crippen LogP contribution in [0.5, 0.6) is 0 Å². The van der Waals surface area contributed by atoms with Crippen LogP contribution in [0.2, 0.25) is 0 Å². The number of aryl methyl sites for hydroxylation is 1. The Balaban J connectivity index is 1.67. The average molecular weight is 283 g/mol. The number of benzene rings is 1. The van der Waals surface area contributed by atoms with Crippen molar-refractivity contribution in [3.63, 3.8) is 0 Å². The lowest BCUT2D eigenvalue weighted by Gasteiger charge is -2.37. The van der Waals surface area contributed by atoms with Crippen LogP contribution < -0.4 is 9.80 Å². The van der Waals surface area contributed by atoms with E-state index in [2.05, 4.69) is 46.0 Å². The highest BCUT2D eigenvalue weighted by molar-refractivity contribution is 5.52. The van der Waals surface area contributed by atoms with Gasteiger partial charge in [0.25, 0.3) is 0 Å². The summed E-state index contributed by atoms with van der Waals surface area (Å²) in [6, 6.07) is 12.7. The first-order chi connectivity index (χ1) is 10.3. The molecule has 1 aliphatic rings. The van der Waals surface area contributed by atoms with Crippen molar-refractivity contribution in [2.24, 2.45) is 0 Å². The molecule has 0 bridgehead atoms. The first-order valence-electron chi connectivity index (χ1n) is 7.38. The van der Waals surface area contributed by atoms with Crippen molar-refractivity contribution < 1.29 is 5.11 Å². The molecule has 4 nitrogen and oxygen atoms in total. The summed E-state index contributed by atoms with van der Waals surface area (Å²) in [5.41, 5.74) is 4.49. The van der Waals surface area contributed by atoms with Crippen LogP contribution >= 0.6 is 0 Å². The van der Waals surface area contributed by atoms with Crippen LogP contribution in [0.3, 0.4) is 0 Å². The molecule has 1 aromatic heterocycles. The molecule has 2 heterocycles. The van der Waals surface area contributed by atoms with E-state index < -0.39 is 0 Å². The maximum atomic E-state index is 9.19. The monoisotopic (exact) mass is 283 g/mol. The molecule has 1 N–H and O–H groups in total. The SMILES string of the molecule is Cc1cccc(N2CCN(c3ccnc(CO)c3)CC2)c1. The van der Waals surface area contributed by atoms with Gasteiger partial charge in [-0.15, -0.1) is 0 Å². The Morgan fingerprint density at radius 3 is 2.29 bits per heavy atom. The van der Waals surface area contributed by atoms with Crippen molar-refractivity contribution in [1.82, 2.24) is 4.98 Å². The summed E-state index contributed by atoms with van der Waals surface area (Å²) < 4.78 is 0. The number of rotatable bonds is 3. The number of hydrogen-bond acceptors (Lipinski definition) is 4. The first kappa shape index (κ1) is 13.9. The van der Waals surface area contributed by atoms with E-state index in [1.165, 1.54) is 11.3 Å². The van der Waals surface area contributed by atoms with E-state index in [1.54, 1.807) is 6.20 Å². The molecule has 4 heteroatoms. The molecule has 0 saturated carbocycles. The smallest absolute Gasteiger partial charge is 0.0853 e. The Labute approximate surface area is 125 Å². The van der Waals surface area contributed by atoms with E-state index in [-0.39, 0.29) is 6.61 Å². The molecule has 0 atom stereocenters. The summed E-state index contributed by atoms with van der Waals surface area (Å²) in [6.07, 6.45) is 1.77. The zero-order chi connectivity index (χ0) is 14.7. The first-order valence-corrected chi connectivity index (χ1v) is 7.38. The van der Waals surface area contributed by atoms with Gasteiger partial charge in [-0.1, -0.05) is 12.1 Å². The molecule has 1 saturated heterocycles. The Bertz CT molecular complexity index is 606. The largest absolute Gasteiger partial charge is 0.390 e. The number of aliphatic hydroxyl groups is 1. The minimum atomic E-state index is -0.00288. The zero-order valence-corrected chi connectivity index (χ0v) is 12.4. The highest BCUT2D eigenvalue weighted by atomic mass is 16.3. The predicted octanol–water partition coefficient (Wildman–Crippen LogP) is 2.21. The number of hydrogen-bond donors (Lipinski definition) is 1. The highest BCUT2D eigenvalue weighted by Crippen LogP contribution is 2.21. The van der Waals surface area contributed by atoms with Crippen LogP contribution in [0.15, 0.2) is 42.6 Å². The molecule has 1 aromatic carbocycles. The molecule has 110 valence electrons. The average Bonchev–Trinajstić information content (AvgIpc) is 2.55. The Morgan fingerprint density at radius 2 is 1.67 bits per heavy atom. The molecule has 0 amide bonds. The van der Waals surface area contributed by atoms with E-state index in [0.29, 0.717) is 0 Å². The van der Waals surface area contributed by atoms with Gasteiger partial charge in [-0.3, -0.25) is 4.98 Å². The number of aliphatic hydroxyl groups excluding tert-OH is 1. The van der Waals surface area contributed by atoms with Crippen LogP contribution in [-0.2, 0) is 6.61 Å². The van der Waals surface area contributed by atoms with Crippen molar-refractivity contribution >= 4 is 11.4 Å². The van der Waals surface area contributed by atoms with Crippen molar-refractivity contribution in [3.05, 3.63) is 53.9 Å².